The minimum Gasteiger partial charge on any atom is -1.00 e. The molecule has 0 saturated heterocycles. The van der Waals surface area contributed by atoms with Gasteiger partial charge in [0.2, 0.25) is 6.10 Å². The van der Waals surface area contributed by atoms with E-state index < -0.39 is 12.1 Å². The Hall–Kier alpha value is -0.610. The molecule has 0 aromatic rings. The first-order valence-electron chi connectivity index (χ1n) is 4.20. The van der Waals surface area contributed by atoms with Gasteiger partial charge in [-0.3, -0.25) is 9.59 Å². The highest BCUT2D eigenvalue weighted by molar-refractivity contribution is 5.83. The van der Waals surface area contributed by atoms with Crippen LogP contribution in [0.15, 0.2) is 0 Å². The average molecular weight is 224 g/mol. The van der Waals surface area contributed by atoms with Crippen molar-refractivity contribution in [3.8, 4) is 0 Å². The smallest absolute Gasteiger partial charge is 0.303 e. The van der Waals surface area contributed by atoms with Crippen molar-refractivity contribution in [2.24, 2.45) is 0 Å². The van der Waals surface area contributed by atoms with E-state index in [4.69, 9.17) is 4.74 Å². The van der Waals surface area contributed by atoms with Gasteiger partial charge in [-0.1, -0.05) is 0 Å². The first-order chi connectivity index (χ1) is 5.72. The Kier molecular flexibility index (Phi) is 6.77. The summed E-state index contributed by atoms with van der Waals surface area (Å²) in [4.78, 5) is 21.7. The zero-order chi connectivity index (χ0) is 10.6. The van der Waals surface area contributed by atoms with Crippen LogP contribution in [0.1, 0.15) is 13.8 Å². The first kappa shape index (κ1) is 15.8. The van der Waals surface area contributed by atoms with Gasteiger partial charge < -0.3 is 21.6 Å². The largest absolute Gasteiger partial charge is 1.00 e. The van der Waals surface area contributed by atoms with Crippen molar-refractivity contribution in [1.29, 1.82) is 0 Å². The molecule has 1 unspecified atom stereocenters. The summed E-state index contributed by atoms with van der Waals surface area (Å²) in [6.07, 6.45) is -0.613. The standard InChI is InChI=1S/C9H18NO3.ClH/c1-7(11)9(13-8(2)12)6-10(3,4)5;/h9H,6H2,1-5H3;1H/q+1;/p-1. The molecule has 0 saturated carbocycles. The number of ether oxygens (including phenoxy) is 1. The summed E-state index contributed by atoms with van der Waals surface area (Å²) < 4.78 is 5.48. The third kappa shape index (κ3) is 8.01. The molecule has 14 heavy (non-hydrogen) atoms. The fraction of sp³-hybridized carbons (Fsp3) is 0.778. The molecule has 0 radical (unpaired) electrons. The molecule has 0 spiro atoms. The van der Waals surface area contributed by atoms with Crippen LogP contribution >= 0.6 is 0 Å². The van der Waals surface area contributed by atoms with E-state index in [-0.39, 0.29) is 18.2 Å². The third-order valence-electron chi connectivity index (χ3n) is 1.48. The summed E-state index contributed by atoms with van der Waals surface area (Å²) in [5.74, 6) is -0.517. The molecule has 4 nitrogen and oxygen atoms in total. The fourth-order valence-corrected chi connectivity index (χ4v) is 0.947. The van der Waals surface area contributed by atoms with Gasteiger partial charge in [0, 0.05) is 6.92 Å². The predicted octanol–water partition coefficient (Wildman–Crippen LogP) is -2.78. The van der Waals surface area contributed by atoms with Crippen LogP contribution < -0.4 is 12.4 Å². The van der Waals surface area contributed by atoms with Gasteiger partial charge in [0.25, 0.3) is 0 Å². The monoisotopic (exact) mass is 223 g/mol. The van der Waals surface area contributed by atoms with Crippen LogP contribution in [0.3, 0.4) is 0 Å². The van der Waals surface area contributed by atoms with Crippen LogP contribution in [0.25, 0.3) is 0 Å². The van der Waals surface area contributed by atoms with E-state index >= 15 is 0 Å². The van der Waals surface area contributed by atoms with E-state index in [9.17, 15) is 9.59 Å². The van der Waals surface area contributed by atoms with Gasteiger partial charge in [0.1, 0.15) is 6.54 Å². The van der Waals surface area contributed by atoms with Crippen LogP contribution in [0.5, 0.6) is 0 Å². The number of ketones is 1. The number of Topliss-reactive ketones (excluding diaryl/α,β-unsaturated/α-hetero) is 1. The molecule has 0 amide bonds. The normalized spacial score (nSPS) is 12.6. The maximum Gasteiger partial charge on any atom is 0.303 e. The van der Waals surface area contributed by atoms with E-state index in [0.717, 1.165) is 0 Å². The lowest BCUT2D eigenvalue weighted by Gasteiger charge is -2.27. The number of carbonyl (C=O) groups excluding carboxylic acids is 2. The lowest BCUT2D eigenvalue weighted by molar-refractivity contribution is -0.872. The lowest BCUT2D eigenvalue weighted by atomic mass is 10.2. The Morgan fingerprint density at radius 3 is 1.86 bits per heavy atom. The summed E-state index contributed by atoms with van der Waals surface area (Å²) in [6, 6.07) is 0. The summed E-state index contributed by atoms with van der Waals surface area (Å²) in [7, 11) is 5.83. The van der Waals surface area contributed by atoms with Crippen LogP contribution in [0.2, 0.25) is 0 Å². The topological polar surface area (TPSA) is 43.4 Å². The SMILES string of the molecule is CC(=O)OC(C[N+](C)(C)C)C(C)=O.[Cl-]. The van der Waals surface area contributed by atoms with Crippen molar-refractivity contribution in [3.05, 3.63) is 0 Å². The van der Waals surface area contributed by atoms with Gasteiger partial charge in [-0.05, 0) is 6.92 Å². The molecule has 0 aliphatic carbocycles. The van der Waals surface area contributed by atoms with Gasteiger partial charge in [-0.25, -0.2) is 0 Å². The number of hydrogen-bond donors (Lipinski definition) is 0. The molecular formula is C9H18ClNO3. The Labute approximate surface area is 91.2 Å². The summed E-state index contributed by atoms with van der Waals surface area (Å²) in [5, 5.41) is 0. The van der Waals surface area contributed by atoms with Gasteiger partial charge in [-0.15, -0.1) is 0 Å². The minimum absolute atomic E-state index is 0. The summed E-state index contributed by atoms with van der Waals surface area (Å²) in [5.41, 5.74) is 0. The van der Waals surface area contributed by atoms with Crippen LogP contribution in [0.4, 0.5) is 0 Å². The third-order valence-corrected chi connectivity index (χ3v) is 1.48. The zero-order valence-corrected chi connectivity index (χ0v) is 10.1. The number of rotatable bonds is 4. The number of halogens is 1. The number of carbonyl (C=O) groups is 2. The van der Waals surface area contributed by atoms with E-state index in [1.165, 1.54) is 13.8 Å². The van der Waals surface area contributed by atoms with Crippen molar-refractivity contribution >= 4 is 11.8 Å². The van der Waals surface area contributed by atoms with Crippen molar-refractivity contribution in [2.75, 3.05) is 27.7 Å². The van der Waals surface area contributed by atoms with E-state index in [2.05, 4.69) is 0 Å². The second-order valence-electron chi connectivity index (χ2n) is 4.18. The van der Waals surface area contributed by atoms with Crippen molar-refractivity contribution in [1.82, 2.24) is 0 Å². The second kappa shape index (κ2) is 5.98. The highest BCUT2D eigenvalue weighted by Gasteiger charge is 2.24. The Morgan fingerprint density at radius 1 is 1.21 bits per heavy atom. The molecule has 0 bridgehead atoms. The number of likely N-dealkylation sites (N-methyl/N-ethyl adjacent to an activating group) is 1. The Morgan fingerprint density at radius 2 is 1.64 bits per heavy atom. The van der Waals surface area contributed by atoms with Crippen LogP contribution in [-0.2, 0) is 14.3 Å². The molecule has 0 aromatic carbocycles. The molecule has 0 rings (SSSR count). The molecule has 1 atom stereocenters. The molecule has 0 aliphatic heterocycles. The van der Waals surface area contributed by atoms with E-state index in [0.29, 0.717) is 11.0 Å². The van der Waals surface area contributed by atoms with Crippen molar-refractivity contribution in [2.45, 2.75) is 20.0 Å². The molecule has 0 heterocycles. The summed E-state index contributed by atoms with van der Waals surface area (Å²) in [6.45, 7) is 3.25. The van der Waals surface area contributed by atoms with E-state index in [1.807, 2.05) is 21.1 Å². The molecule has 0 fully saturated rings. The summed E-state index contributed by atoms with van der Waals surface area (Å²) >= 11 is 0. The first-order valence-corrected chi connectivity index (χ1v) is 4.20. The number of esters is 1. The van der Waals surface area contributed by atoms with Crippen molar-refractivity contribution in [3.63, 3.8) is 0 Å². The fourth-order valence-electron chi connectivity index (χ4n) is 0.947. The zero-order valence-electron chi connectivity index (χ0n) is 9.33. The minimum atomic E-state index is -0.613. The maximum atomic E-state index is 11.1. The molecule has 0 aromatic heterocycles. The Balaban J connectivity index is 0. The highest BCUT2D eigenvalue weighted by atomic mass is 35.5. The number of nitrogens with zero attached hydrogens (tertiary/aromatic N) is 1. The van der Waals surface area contributed by atoms with Gasteiger partial charge in [0.15, 0.2) is 5.78 Å². The quantitative estimate of drug-likeness (QED) is 0.383. The lowest BCUT2D eigenvalue weighted by Crippen LogP contribution is -3.00. The van der Waals surface area contributed by atoms with Crippen LogP contribution in [0, 0.1) is 0 Å². The van der Waals surface area contributed by atoms with Gasteiger partial charge >= 0.3 is 5.97 Å². The second-order valence-corrected chi connectivity index (χ2v) is 4.18. The van der Waals surface area contributed by atoms with Gasteiger partial charge in [-0.2, -0.15) is 0 Å². The molecule has 0 aliphatic rings. The molecule has 84 valence electrons. The van der Waals surface area contributed by atoms with E-state index in [1.54, 1.807) is 0 Å². The number of hydrogen-bond acceptors (Lipinski definition) is 3. The van der Waals surface area contributed by atoms with Crippen molar-refractivity contribution < 1.29 is 31.2 Å². The molecule has 5 heteroatoms. The molecular weight excluding hydrogens is 206 g/mol. The maximum absolute atomic E-state index is 11.1. The highest BCUT2D eigenvalue weighted by Crippen LogP contribution is 2.01. The molecule has 0 N–H and O–H groups in total. The van der Waals surface area contributed by atoms with Crippen LogP contribution in [-0.4, -0.2) is 50.0 Å². The Bertz CT molecular complexity index is 211. The average Bonchev–Trinajstić information content (AvgIpc) is 1.81. The van der Waals surface area contributed by atoms with Gasteiger partial charge in [0.05, 0.1) is 21.1 Å². The predicted molar refractivity (Wildman–Crippen MR) is 49.1 cm³/mol. The number of quaternary nitrogens is 1.